The average molecular weight is 387 g/mol. The van der Waals surface area contributed by atoms with Crippen LogP contribution in [-0.4, -0.2) is 46.8 Å². The van der Waals surface area contributed by atoms with Gasteiger partial charge in [-0.15, -0.1) is 0 Å². The summed E-state index contributed by atoms with van der Waals surface area (Å²) in [5, 5.41) is 23.8. The number of carbonyl (C=O) groups excluding carboxylic acids is 2. The molecule has 0 spiro atoms. The molecule has 4 unspecified atom stereocenters. The van der Waals surface area contributed by atoms with E-state index in [1.54, 1.807) is 30.3 Å². The minimum Gasteiger partial charge on any atom is -0.461 e. The van der Waals surface area contributed by atoms with Gasteiger partial charge >= 0.3 is 11.9 Å². The van der Waals surface area contributed by atoms with Crippen LogP contribution in [0.4, 0.5) is 0 Å². The first-order chi connectivity index (χ1) is 13.4. The van der Waals surface area contributed by atoms with Gasteiger partial charge in [0.05, 0.1) is 17.2 Å². The highest BCUT2D eigenvalue weighted by Crippen LogP contribution is 2.47. The van der Waals surface area contributed by atoms with Crippen molar-refractivity contribution in [2.24, 2.45) is 17.0 Å². The lowest BCUT2D eigenvalue weighted by Crippen LogP contribution is -2.55. The summed E-state index contributed by atoms with van der Waals surface area (Å²) in [5.74, 6) is -4.32. The maximum atomic E-state index is 12.8. The summed E-state index contributed by atoms with van der Waals surface area (Å²) in [6.45, 7) is 8.43. The quantitative estimate of drug-likeness (QED) is 0.322. The van der Waals surface area contributed by atoms with E-state index in [4.69, 9.17) is 9.47 Å². The Morgan fingerprint density at radius 1 is 1.18 bits per heavy atom. The van der Waals surface area contributed by atoms with Gasteiger partial charge in [0.1, 0.15) is 19.1 Å². The SMILES string of the molecule is C=CCOC(=O)C1/C(=N\O)CC(C)(O)C(C(=O)OCC=C)C1c1ccccc1. The van der Waals surface area contributed by atoms with Crippen LogP contribution in [0.1, 0.15) is 24.8 Å². The zero-order valence-electron chi connectivity index (χ0n) is 15.8. The zero-order chi connectivity index (χ0) is 20.7. The van der Waals surface area contributed by atoms with Crippen molar-refractivity contribution in [1.29, 1.82) is 0 Å². The molecule has 28 heavy (non-hydrogen) atoms. The van der Waals surface area contributed by atoms with E-state index >= 15 is 0 Å². The van der Waals surface area contributed by atoms with Crippen LogP contribution in [0.3, 0.4) is 0 Å². The van der Waals surface area contributed by atoms with Crippen LogP contribution in [0.25, 0.3) is 0 Å². The molecule has 1 aliphatic rings. The first kappa shape index (κ1) is 21.4. The molecule has 0 saturated heterocycles. The van der Waals surface area contributed by atoms with Crippen molar-refractivity contribution in [3.63, 3.8) is 0 Å². The van der Waals surface area contributed by atoms with Crippen LogP contribution in [0.2, 0.25) is 0 Å². The van der Waals surface area contributed by atoms with E-state index in [0.29, 0.717) is 5.56 Å². The molecule has 1 saturated carbocycles. The molecular weight excluding hydrogens is 362 g/mol. The fourth-order valence-electron chi connectivity index (χ4n) is 3.68. The number of hydrogen-bond acceptors (Lipinski definition) is 7. The van der Waals surface area contributed by atoms with Crippen LogP contribution in [-0.2, 0) is 19.1 Å². The Morgan fingerprint density at radius 2 is 1.75 bits per heavy atom. The monoisotopic (exact) mass is 387 g/mol. The molecule has 1 fully saturated rings. The van der Waals surface area contributed by atoms with E-state index in [9.17, 15) is 19.9 Å². The molecule has 0 radical (unpaired) electrons. The van der Waals surface area contributed by atoms with Gasteiger partial charge in [0.2, 0.25) is 0 Å². The summed E-state index contributed by atoms with van der Waals surface area (Å²) in [4.78, 5) is 25.6. The van der Waals surface area contributed by atoms with Gasteiger partial charge in [-0.2, -0.15) is 0 Å². The fraction of sp³-hybridized carbons (Fsp3) is 0.381. The van der Waals surface area contributed by atoms with Crippen LogP contribution in [0.5, 0.6) is 0 Å². The Kier molecular flexibility index (Phi) is 7.12. The first-order valence-electron chi connectivity index (χ1n) is 8.90. The molecule has 2 N–H and O–H groups in total. The predicted molar refractivity (Wildman–Crippen MR) is 103 cm³/mol. The molecule has 1 aromatic rings. The Bertz CT molecular complexity index is 755. The molecule has 7 heteroatoms. The Balaban J connectivity index is 2.59. The summed E-state index contributed by atoms with van der Waals surface area (Å²) >= 11 is 0. The highest BCUT2D eigenvalue weighted by molar-refractivity contribution is 6.05. The van der Waals surface area contributed by atoms with E-state index in [2.05, 4.69) is 18.3 Å². The molecule has 0 bridgehead atoms. The minimum atomic E-state index is -1.60. The van der Waals surface area contributed by atoms with E-state index in [1.165, 1.54) is 19.1 Å². The number of ether oxygens (including phenoxy) is 2. The maximum absolute atomic E-state index is 12.8. The van der Waals surface area contributed by atoms with Gasteiger partial charge in [0.15, 0.2) is 0 Å². The van der Waals surface area contributed by atoms with E-state index in [0.717, 1.165) is 0 Å². The lowest BCUT2D eigenvalue weighted by molar-refractivity contribution is -0.162. The lowest BCUT2D eigenvalue weighted by atomic mass is 9.61. The van der Waals surface area contributed by atoms with Gasteiger partial charge in [-0.05, 0) is 12.5 Å². The van der Waals surface area contributed by atoms with Crippen molar-refractivity contribution in [3.05, 3.63) is 61.2 Å². The van der Waals surface area contributed by atoms with Crippen molar-refractivity contribution in [3.8, 4) is 0 Å². The van der Waals surface area contributed by atoms with Crippen molar-refractivity contribution < 1.29 is 29.4 Å². The van der Waals surface area contributed by atoms with Crippen molar-refractivity contribution >= 4 is 17.7 Å². The number of aliphatic hydroxyl groups is 1. The molecule has 0 aliphatic heterocycles. The third kappa shape index (κ3) is 4.48. The van der Waals surface area contributed by atoms with Gasteiger partial charge in [0, 0.05) is 12.3 Å². The summed E-state index contributed by atoms with van der Waals surface area (Å²) in [5.41, 5.74) is -0.944. The number of hydrogen-bond donors (Lipinski definition) is 2. The third-order valence-corrected chi connectivity index (χ3v) is 4.79. The number of rotatable bonds is 7. The normalized spacial score (nSPS) is 28.4. The molecule has 4 atom stereocenters. The third-order valence-electron chi connectivity index (χ3n) is 4.79. The van der Waals surface area contributed by atoms with Crippen molar-refractivity contribution in [2.75, 3.05) is 13.2 Å². The number of nitrogens with zero attached hydrogens (tertiary/aromatic N) is 1. The van der Waals surface area contributed by atoms with E-state index in [-0.39, 0.29) is 25.3 Å². The van der Waals surface area contributed by atoms with E-state index < -0.39 is 35.3 Å². The highest BCUT2D eigenvalue weighted by Gasteiger charge is 2.56. The predicted octanol–water partition coefficient (Wildman–Crippen LogP) is 2.45. The largest absolute Gasteiger partial charge is 0.461 e. The number of benzene rings is 1. The van der Waals surface area contributed by atoms with Gasteiger partial charge in [-0.1, -0.05) is 60.8 Å². The molecule has 0 amide bonds. The Hall–Kier alpha value is -2.93. The van der Waals surface area contributed by atoms with Gasteiger partial charge in [-0.25, -0.2) is 0 Å². The molecule has 7 nitrogen and oxygen atoms in total. The van der Waals surface area contributed by atoms with Crippen LogP contribution in [0.15, 0.2) is 60.8 Å². The number of oxime groups is 1. The summed E-state index contributed by atoms with van der Waals surface area (Å²) in [6.07, 6.45) is 2.65. The van der Waals surface area contributed by atoms with Gasteiger partial charge < -0.3 is 19.8 Å². The Morgan fingerprint density at radius 3 is 2.29 bits per heavy atom. The molecule has 150 valence electrons. The first-order valence-corrected chi connectivity index (χ1v) is 8.90. The lowest BCUT2D eigenvalue weighted by Gasteiger charge is -2.44. The second kappa shape index (κ2) is 9.32. The standard InChI is InChI=1S/C21H25NO6/c1-4-11-27-19(23)17-15(22-26)13-21(3,25)18(20(24)28-12-5-2)16(17)14-9-7-6-8-10-14/h4-10,16-18,25-26H,1-2,11-13H2,3H3/b22-15-. The van der Waals surface area contributed by atoms with Crippen LogP contribution >= 0.6 is 0 Å². The minimum absolute atomic E-state index is 0.0283. The van der Waals surface area contributed by atoms with Crippen LogP contribution in [0, 0.1) is 11.8 Å². The smallest absolute Gasteiger partial charge is 0.315 e. The molecule has 0 heterocycles. The van der Waals surface area contributed by atoms with E-state index in [1.807, 2.05) is 0 Å². The number of carbonyl (C=O) groups is 2. The molecule has 1 aliphatic carbocycles. The highest BCUT2D eigenvalue weighted by atomic mass is 16.5. The summed E-state index contributed by atoms with van der Waals surface area (Å²) < 4.78 is 10.4. The van der Waals surface area contributed by atoms with Gasteiger partial charge in [0.25, 0.3) is 0 Å². The van der Waals surface area contributed by atoms with Crippen molar-refractivity contribution in [1.82, 2.24) is 0 Å². The van der Waals surface area contributed by atoms with Crippen LogP contribution < -0.4 is 0 Å². The topological polar surface area (TPSA) is 105 Å². The molecule has 0 aromatic heterocycles. The molecular formula is C21H25NO6. The molecule has 2 rings (SSSR count). The zero-order valence-corrected chi connectivity index (χ0v) is 15.8. The van der Waals surface area contributed by atoms with Gasteiger partial charge in [-0.3, -0.25) is 9.59 Å². The fourth-order valence-corrected chi connectivity index (χ4v) is 3.68. The summed E-state index contributed by atoms with van der Waals surface area (Å²) in [6, 6.07) is 8.78. The summed E-state index contributed by atoms with van der Waals surface area (Å²) in [7, 11) is 0. The second-order valence-electron chi connectivity index (χ2n) is 6.85. The van der Waals surface area contributed by atoms with Crippen molar-refractivity contribution in [2.45, 2.75) is 24.9 Å². The average Bonchev–Trinajstić information content (AvgIpc) is 2.69. The number of esters is 2. The Labute approximate surface area is 164 Å². The molecule has 1 aromatic carbocycles. The second-order valence-corrected chi connectivity index (χ2v) is 6.85. The maximum Gasteiger partial charge on any atom is 0.315 e.